The smallest absolute Gasteiger partial charge is 0.0208 e. The Labute approximate surface area is 102 Å². The van der Waals surface area contributed by atoms with Crippen LogP contribution in [-0.4, -0.2) is 6.54 Å². The van der Waals surface area contributed by atoms with Crippen LogP contribution >= 0.6 is 0 Å². The highest BCUT2D eigenvalue weighted by Crippen LogP contribution is 2.28. The van der Waals surface area contributed by atoms with E-state index in [1.165, 1.54) is 22.3 Å². The van der Waals surface area contributed by atoms with Gasteiger partial charge in [0.1, 0.15) is 0 Å². The van der Waals surface area contributed by atoms with E-state index in [0.29, 0.717) is 5.92 Å². The Morgan fingerprint density at radius 2 is 1.82 bits per heavy atom. The summed E-state index contributed by atoms with van der Waals surface area (Å²) in [5.41, 5.74) is 5.57. The summed E-state index contributed by atoms with van der Waals surface area (Å²) in [7, 11) is 0. The second-order valence-corrected chi connectivity index (χ2v) is 4.81. The van der Waals surface area contributed by atoms with E-state index >= 15 is 0 Å². The van der Waals surface area contributed by atoms with Crippen LogP contribution in [0.4, 0.5) is 0 Å². The van der Waals surface area contributed by atoms with Gasteiger partial charge in [0, 0.05) is 13.1 Å². The summed E-state index contributed by atoms with van der Waals surface area (Å²) in [6.45, 7) is 4.38. The molecular weight excluding hydrogens is 206 g/mol. The summed E-state index contributed by atoms with van der Waals surface area (Å²) >= 11 is 0. The van der Waals surface area contributed by atoms with Gasteiger partial charge in [-0.1, -0.05) is 49.4 Å². The number of hydrogen-bond donors (Lipinski definition) is 1. The molecule has 1 heterocycles. The third-order valence-electron chi connectivity index (χ3n) is 3.55. The van der Waals surface area contributed by atoms with Crippen molar-refractivity contribution < 1.29 is 0 Å². The molecule has 0 amide bonds. The predicted octanol–water partition coefficient (Wildman–Crippen LogP) is 3.56. The van der Waals surface area contributed by atoms with Gasteiger partial charge in [0.05, 0.1) is 0 Å². The lowest BCUT2D eigenvalue weighted by Crippen LogP contribution is -2.26. The molecule has 0 spiro atoms. The third-order valence-corrected chi connectivity index (χ3v) is 3.55. The summed E-state index contributed by atoms with van der Waals surface area (Å²) in [5, 5.41) is 3.47. The minimum atomic E-state index is 0.628. The molecule has 1 heteroatoms. The summed E-state index contributed by atoms with van der Waals surface area (Å²) < 4.78 is 0. The van der Waals surface area contributed by atoms with E-state index < -0.39 is 0 Å². The molecule has 1 aliphatic heterocycles. The number of nitrogens with one attached hydrogen (secondary N) is 1. The molecule has 0 saturated heterocycles. The predicted molar refractivity (Wildman–Crippen MR) is 72.0 cm³/mol. The van der Waals surface area contributed by atoms with Crippen molar-refractivity contribution in [1.82, 2.24) is 5.32 Å². The normalized spacial score (nSPS) is 18.8. The zero-order valence-corrected chi connectivity index (χ0v) is 10.1. The molecule has 1 N–H and O–H groups in total. The zero-order chi connectivity index (χ0) is 11.7. The fourth-order valence-corrected chi connectivity index (χ4v) is 2.58. The molecule has 1 aliphatic rings. The fourth-order valence-electron chi connectivity index (χ4n) is 2.58. The van der Waals surface area contributed by atoms with E-state index in [2.05, 4.69) is 60.8 Å². The Balaban J connectivity index is 2.04. The second kappa shape index (κ2) is 4.34. The molecule has 3 rings (SSSR count). The fraction of sp³-hybridized carbons (Fsp3) is 0.250. The molecule has 86 valence electrons. The summed E-state index contributed by atoms with van der Waals surface area (Å²) in [6, 6.07) is 17.5. The first-order valence-electron chi connectivity index (χ1n) is 6.23. The van der Waals surface area contributed by atoms with Gasteiger partial charge in [-0.2, -0.15) is 0 Å². The van der Waals surface area contributed by atoms with E-state index in [-0.39, 0.29) is 0 Å². The topological polar surface area (TPSA) is 12.0 Å². The minimum absolute atomic E-state index is 0.628. The van der Waals surface area contributed by atoms with Crippen molar-refractivity contribution in [2.24, 2.45) is 0 Å². The van der Waals surface area contributed by atoms with Crippen molar-refractivity contribution in [3.05, 3.63) is 59.7 Å². The van der Waals surface area contributed by atoms with Gasteiger partial charge in [0.2, 0.25) is 0 Å². The van der Waals surface area contributed by atoms with E-state index in [1.54, 1.807) is 0 Å². The van der Waals surface area contributed by atoms with Crippen molar-refractivity contribution in [2.45, 2.75) is 19.4 Å². The number of hydrogen-bond acceptors (Lipinski definition) is 1. The summed E-state index contributed by atoms with van der Waals surface area (Å²) in [4.78, 5) is 0. The van der Waals surface area contributed by atoms with Gasteiger partial charge in [-0.3, -0.25) is 0 Å². The molecule has 0 bridgehead atoms. The number of benzene rings is 2. The van der Waals surface area contributed by atoms with Crippen LogP contribution in [-0.2, 0) is 6.54 Å². The standard InChI is InChI=1S/C16H17N/c1-12-10-17-11-15-9-14(7-8-16(12)15)13-5-3-2-4-6-13/h2-9,12,17H,10-11H2,1H3. The lowest BCUT2D eigenvalue weighted by atomic mass is 9.90. The van der Waals surface area contributed by atoms with Crippen molar-refractivity contribution >= 4 is 0 Å². The maximum absolute atomic E-state index is 3.47. The van der Waals surface area contributed by atoms with Crippen LogP contribution < -0.4 is 5.32 Å². The highest BCUT2D eigenvalue weighted by molar-refractivity contribution is 5.65. The average molecular weight is 223 g/mol. The third kappa shape index (κ3) is 1.98. The van der Waals surface area contributed by atoms with Crippen LogP contribution in [0.15, 0.2) is 48.5 Å². The summed E-state index contributed by atoms with van der Waals surface area (Å²) in [6.07, 6.45) is 0. The van der Waals surface area contributed by atoms with Crippen LogP contribution in [0, 0.1) is 0 Å². The van der Waals surface area contributed by atoms with Gasteiger partial charge in [0.25, 0.3) is 0 Å². The highest BCUT2D eigenvalue weighted by atomic mass is 14.9. The molecule has 0 aromatic heterocycles. The molecule has 1 nitrogen and oxygen atoms in total. The first-order valence-corrected chi connectivity index (χ1v) is 6.23. The van der Waals surface area contributed by atoms with E-state index in [9.17, 15) is 0 Å². The van der Waals surface area contributed by atoms with Crippen LogP contribution in [0.5, 0.6) is 0 Å². The molecule has 0 radical (unpaired) electrons. The van der Waals surface area contributed by atoms with Gasteiger partial charge in [-0.15, -0.1) is 0 Å². The van der Waals surface area contributed by atoms with Gasteiger partial charge in [0.15, 0.2) is 0 Å². The van der Waals surface area contributed by atoms with E-state index in [1.807, 2.05) is 0 Å². The second-order valence-electron chi connectivity index (χ2n) is 4.81. The minimum Gasteiger partial charge on any atom is -0.312 e. The molecule has 2 aromatic carbocycles. The van der Waals surface area contributed by atoms with Crippen molar-refractivity contribution in [3.8, 4) is 11.1 Å². The number of fused-ring (bicyclic) bond motifs is 1. The van der Waals surface area contributed by atoms with Crippen molar-refractivity contribution in [1.29, 1.82) is 0 Å². The molecule has 2 aromatic rings. The molecular formula is C16H17N. The van der Waals surface area contributed by atoms with Gasteiger partial charge in [-0.05, 0) is 34.2 Å². The maximum atomic E-state index is 3.47. The van der Waals surface area contributed by atoms with E-state index in [0.717, 1.165) is 13.1 Å². The van der Waals surface area contributed by atoms with Crippen LogP contribution in [0.25, 0.3) is 11.1 Å². The quantitative estimate of drug-likeness (QED) is 0.779. The molecule has 17 heavy (non-hydrogen) atoms. The number of rotatable bonds is 1. The van der Waals surface area contributed by atoms with Crippen LogP contribution in [0.2, 0.25) is 0 Å². The average Bonchev–Trinajstić information content (AvgIpc) is 2.40. The van der Waals surface area contributed by atoms with Gasteiger partial charge >= 0.3 is 0 Å². The summed E-state index contributed by atoms with van der Waals surface area (Å²) in [5.74, 6) is 0.628. The van der Waals surface area contributed by atoms with Gasteiger partial charge in [-0.25, -0.2) is 0 Å². The molecule has 0 aliphatic carbocycles. The Hall–Kier alpha value is -1.60. The van der Waals surface area contributed by atoms with E-state index in [4.69, 9.17) is 0 Å². The molecule has 1 unspecified atom stereocenters. The maximum Gasteiger partial charge on any atom is 0.0208 e. The Bertz CT molecular complexity index is 516. The zero-order valence-electron chi connectivity index (χ0n) is 10.1. The molecule has 1 atom stereocenters. The molecule has 0 saturated carbocycles. The lowest BCUT2D eigenvalue weighted by molar-refractivity contribution is 0.571. The highest BCUT2D eigenvalue weighted by Gasteiger charge is 2.15. The Morgan fingerprint density at radius 3 is 2.65 bits per heavy atom. The van der Waals surface area contributed by atoms with Crippen LogP contribution in [0.1, 0.15) is 24.0 Å². The monoisotopic (exact) mass is 223 g/mol. The van der Waals surface area contributed by atoms with Crippen molar-refractivity contribution in [3.63, 3.8) is 0 Å². The van der Waals surface area contributed by atoms with Crippen LogP contribution in [0.3, 0.4) is 0 Å². The lowest BCUT2D eigenvalue weighted by Gasteiger charge is -2.24. The largest absolute Gasteiger partial charge is 0.312 e. The first kappa shape index (κ1) is 10.5. The first-order chi connectivity index (χ1) is 8.34. The SMILES string of the molecule is CC1CNCc2cc(-c3ccccc3)ccc21. The Morgan fingerprint density at radius 1 is 1.00 bits per heavy atom. The Kier molecular flexibility index (Phi) is 2.69. The van der Waals surface area contributed by atoms with Crippen molar-refractivity contribution in [2.75, 3.05) is 6.54 Å². The molecule has 0 fully saturated rings. The van der Waals surface area contributed by atoms with Gasteiger partial charge < -0.3 is 5.32 Å².